The molecule has 0 saturated heterocycles. The van der Waals surface area contributed by atoms with Crippen molar-refractivity contribution < 1.29 is 0 Å². The van der Waals surface area contributed by atoms with Crippen LogP contribution in [0.15, 0.2) is 16.1 Å². The van der Waals surface area contributed by atoms with Crippen molar-refractivity contribution in [2.75, 3.05) is 0 Å². The summed E-state index contributed by atoms with van der Waals surface area (Å²) in [4.78, 5) is 4.04. The lowest BCUT2D eigenvalue weighted by Gasteiger charge is -2.01. The van der Waals surface area contributed by atoms with Crippen LogP contribution in [0.1, 0.15) is 33.6 Å². The largest absolute Gasteiger partial charge is 0.287 e. The van der Waals surface area contributed by atoms with Crippen LogP contribution in [0, 0.1) is 5.41 Å². The number of nitrogens with one attached hydrogen (secondary N) is 1. The highest BCUT2D eigenvalue weighted by Crippen LogP contribution is 2.09. The second-order valence-electron chi connectivity index (χ2n) is 2.53. The molecule has 0 heterocycles. The molecule has 0 spiro atoms. The third-order valence-corrected chi connectivity index (χ3v) is 1.75. The van der Waals surface area contributed by atoms with Gasteiger partial charge in [0.15, 0.2) is 0 Å². The highest BCUT2D eigenvalue weighted by molar-refractivity contribution is 6.44. The first-order valence-corrected chi connectivity index (χ1v) is 4.44. The van der Waals surface area contributed by atoms with Crippen LogP contribution in [0.2, 0.25) is 0 Å². The molecule has 0 aliphatic heterocycles. The van der Waals surface area contributed by atoms with Gasteiger partial charge in [-0.25, -0.2) is 4.99 Å². The fourth-order valence-electron chi connectivity index (χ4n) is 0.835. The molecule has 0 radical (unpaired) electrons. The van der Waals surface area contributed by atoms with E-state index < -0.39 is 0 Å². The highest BCUT2D eigenvalue weighted by Gasteiger charge is 2.01. The van der Waals surface area contributed by atoms with Crippen molar-refractivity contribution >= 4 is 23.1 Å². The van der Waals surface area contributed by atoms with Gasteiger partial charge in [-0.1, -0.05) is 31.0 Å². The first-order chi connectivity index (χ1) is 5.61. The van der Waals surface area contributed by atoms with E-state index in [4.69, 9.17) is 17.0 Å². The van der Waals surface area contributed by atoms with Crippen LogP contribution in [0.25, 0.3) is 0 Å². The number of amidine groups is 1. The summed E-state index contributed by atoms with van der Waals surface area (Å²) in [5.41, 5.74) is 0.814. The maximum atomic E-state index is 7.20. The minimum atomic E-state index is 0.304. The Morgan fingerprint density at radius 3 is 2.50 bits per heavy atom. The third-order valence-electron chi connectivity index (χ3n) is 1.32. The lowest BCUT2D eigenvalue weighted by molar-refractivity contribution is 0.995. The van der Waals surface area contributed by atoms with Crippen LogP contribution in [-0.2, 0) is 0 Å². The van der Waals surface area contributed by atoms with Crippen molar-refractivity contribution in [3.05, 3.63) is 11.1 Å². The predicted molar refractivity (Wildman–Crippen MR) is 55.4 cm³/mol. The van der Waals surface area contributed by atoms with Crippen molar-refractivity contribution in [2.24, 2.45) is 4.99 Å². The van der Waals surface area contributed by atoms with Crippen molar-refractivity contribution in [3.8, 4) is 0 Å². The summed E-state index contributed by atoms with van der Waals surface area (Å²) in [5, 5.41) is 7.85. The average Bonchev–Trinajstić information content (AvgIpc) is 2.01. The minimum Gasteiger partial charge on any atom is -0.287 e. The van der Waals surface area contributed by atoms with Gasteiger partial charge >= 0.3 is 0 Å². The standard InChI is InChI=1S/C9H15ClN2/c1-4-6-9(8(10)5-2)12-7(3)11/h5,11H,4,6H2,1-3H3/b8-5+,11-7?,12-9?. The zero-order valence-corrected chi connectivity index (χ0v) is 8.57. The van der Waals surface area contributed by atoms with Crippen LogP contribution in [0.3, 0.4) is 0 Å². The molecule has 0 aromatic heterocycles. The van der Waals surface area contributed by atoms with E-state index in [0.29, 0.717) is 10.9 Å². The summed E-state index contributed by atoms with van der Waals surface area (Å²) in [5.74, 6) is 0.304. The summed E-state index contributed by atoms with van der Waals surface area (Å²) in [6, 6.07) is 0. The molecule has 0 amide bonds. The zero-order chi connectivity index (χ0) is 9.56. The van der Waals surface area contributed by atoms with Crippen LogP contribution >= 0.6 is 11.6 Å². The van der Waals surface area contributed by atoms with E-state index in [0.717, 1.165) is 18.6 Å². The molecule has 0 unspecified atom stereocenters. The molecule has 0 fully saturated rings. The van der Waals surface area contributed by atoms with E-state index in [1.54, 1.807) is 13.0 Å². The highest BCUT2D eigenvalue weighted by atomic mass is 35.5. The predicted octanol–water partition coefficient (Wildman–Crippen LogP) is 3.37. The van der Waals surface area contributed by atoms with Crippen LogP contribution in [0.5, 0.6) is 0 Å². The molecule has 3 heteroatoms. The van der Waals surface area contributed by atoms with Gasteiger partial charge in [-0.05, 0) is 20.3 Å². The van der Waals surface area contributed by atoms with Crippen molar-refractivity contribution in [3.63, 3.8) is 0 Å². The summed E-state index contributed by atoms with van der Waals surface area (Å²) in [7, 11) is 0. The molecule has 0 saturated carbocycles. The molecule has 0 aliphatic rings. The Balaban J connectivity index is 4.54. The first kappa shape index (κ1) is 11.4. The van der Waals surface area contributed by atoms with Gasteiger partial charge in [0.05, 0.1) is 10.7 Å². The number of allylic oxidation sites excluding steroid dienone is 2. The molecule has 68 valence electrons. The molecule has 0 aromatic rings. The molecule has 0 rings (SSSR count). The zero-order valence-electron chi connectivity index (χ0n) is 7.82. The van der Waals surface area contributed by atoms with Crippen LogP contribution < -0.4 is 0 Å². The van der Waals surface area contributed by atoms with E-state index >= 15 is 0 Å². The topological polar surface area (TPSA) is 36.2 Å². The van der Waals surface area contributed by atoms with Gasteiger partial charge in [0.25, 0.3) is 0 Å². The minimum absolute atomic E-state index is 0.304. The lowest BCUT2D eigenvalue weighted by atomic mass is 10.2. The summed E-state index contributed by atoms with van der Waals surface area (Å²) in [6.45, 7) is 5.58. The van der Waals surface area contributed by atoms with Gasteiger partial charge in [-0.2, -0.15) is 0 Å². The van der Waals surface area contributed by atoms with Crippen LogP contribution in [0.4, 0.5) is 0 Å². The summed E-state index contributed by atoms with van der Waals surface area (Å²) in [6.07, 6.45) is 3.63. The second-order valence-corrected chi connectivity index (χ2v) is 2.94. The van der Waals surface area contributed by atoms with Crippen molar-refractivity contribution in [1.29, 1.82) is 5.41 Å². The third kappa shape index (κ3) is 4.29. The molecule has 1 N–H and O–H groups in total. The van der Waals surface area contributed by atoms with Gasteiger partial charge in [0, 0.05) is 0 Å². The fourth-order valence-corrected chi connectivity index (χ4v) is 0.971. The molecule has 0 atom stereocenters. The van der Waals surface area contributed by atoms with Gasteiger partial charge in [-0.15, -0.1) is 0 Å². The Morgan fingerprint density at radius 2 is 2.17 bits per heavy atom. The molecule has 0 aromatic carbocycles. The Hall–Kier alpha value is -0.630. The quantitative estimate of drug-likeness (QED) is 0.519. The summed E-state index contributed by atoms with van der Waals surface area (Å²) >= 11 is 5.89. The number of rotatable bonds is 3. The Bertz CT molecular complexity index is 217. The molecule has 0 bridgehead atoms. The number of hydrogen-bond donors (Lipinski definition) is 1. The van der Waals surface area contributed by atoms with E-state index in [2.05, 4.69) is 11.9 Å². The van der Waals surface area contributed by atoms with E-state index in [-0.39, 0.29) is 0 Å². The SMILES string of the molecule is C/C=C(/Cl)C(CCC)=NC(C)=N. The van der Waals surface area contributed by atoms with E-state index in [1.165, 1.54) is 0 Å². The van der Waals surface area contributed by atoms with Gasteiger partial charge in [0.1, 0.15) is 5.84 Å². The number of halogens is 1. The van der Waals surface area contributed by atoms with E-state index in [9.17, 15) is 0 Å². The fraction of sp³-hybridized carbons (Fsp3) is 0.556. The Kier molecular flexibility index (Phi) is 5.64. The summed E-state index contributed by atoms with van der Waals surface area (Å²) < 4.78 is 0. The maximum absolute atomic E-state index is 7.20. The number of nitrogens with zero attached hydrogens (tertiary/aromatic N) is 1. The number of hydrogen-bond acceptors (Lipinski definition) is 1. The molecular weight excluding hydrogens is 172 g/mol. The van der Waals surface area contributed by atoms with Crippen molar-refractivity contribution in [2.45, 2.75) is 33.6 Å². The maximum Gasteiger partial charge on any atom is 0.117 e. The molecule has 12 heavy (non-hydrogen) atoms. The van der Waals surface area contributed by atoms with E-state index in [1.807, 2.05) is 6.92 Å². The second kappa shape index (κ2) is 5.95. The molecule has 2 nitrogen and oxygen atoms in total. The normalized spacial score (nSPS) is 13.3. The molecule has 0 aliphatic carbocycles. The lowest BCUT2D eigenvalue weighted by Crippen LogP contribution is -2.00. The smallest absolute Gasteiger partial charge is 0.117 e. The number of aliphatic imine (C=N–C) groups is 1. The van der Waals surface area contributed by atoms with Crippen LogP contribution in [-0.4, -0.2) is 11.5 Å². The first-order valence-electron chi connectivity index (χ1n) is 4.06. The van der Waals surface area contributed by atoms with Gasteiger partial charge in [-0.3, -0.25) is 5.41 Å². The van der Waals surface area contributed by atoms with Gasteiger partial charge < -0.3 is 0 Å². The Morgan fingerprint density at radius 1 is 1.58 bits per heavy atom. The average molecular weight is 187 g/mol. The van der Waals surface area contributed by atoms with Crippen molar-refractivity contribution in [1.82, 2.24) is 0 Å². The Labute approximate surface area is 78.9 Å². The van der Waals surface area contributed by atoms with Gasteiger partial charge in [0.2, 0.25) is 0 Å². The monoisotopic (exact) mass is 186 g/mol. The molecular formula is C9H15ClN2.